The molecule has 0 atom stereocenters. The normalized spacial score (nSPS) is 15.3. The smallest absolute Gasteiger partial charge is 0.253 e. The molecule has 174 valence electrons. The number of benzene rings is 2. The van der Waals surface area contributed by atoms with Crippen LogP contribution in [0.15, 0.2) is 58.8 Å². The van der Waals surface area contributed by atoms with E-state index in [0.717, 1.165) is 16.3 Å². The summed E-state index contributed by atoms with van der Waals surface area (Å²) in [5.74, 6) is 0.565. The summed E-state index contributed by atoms with van der Waals surface area (Å²) in [5, 5.41) is 2.96. The number of carbonyl (C=O) groups excluding carboxylic acids is 1. The van der Waals surface area contributed by atoms with Gasteiger partial charge >= 0.3 is 0 Å². The lowest BCUT2D eigenvalue weighted by Gasteiger charge is -2.22. The highest BCUT2D eigenvalue weighted by molar-refractivity contribution is 7.89. The fraction of sp³-hybridized carbons (Fsp3) is 0.333. The van der Waals surface area contributed by atoms with E-state index in [-0.39, 0.29) is 17.3 Å². The molecule has 1 saturated heterocycles. The first-order valence-electron chi connectivity index (χ1n) is 10.8. The van der Waals surface area contributed by atoms with Crippen LogP contribution >= 0.6 is 11.3 Å². The van der Waals surface area contributed by atoms with Gasteiger partial charge in [0.1, 0.15) is 12.4 Å². The van der Waals surface area contributed by atoms with E-state index in [1.807, 2.05) is 19.2 Å². The zero-order valence-electron chi connectivity index (χ0n) is 18.7. The lowest BCUT2D eigenvalue weighted by atomic mass is 10.2. The monoisotopic (exact) mass is 485 g/mol. The molecule has 0 aliphatic carbocycles. The van der Waals surface area contributed by atoms with Gasteiger partial charge in [0.25, 0.3) is 5.91 Å². The van der Waals surface area contributed by atoms with E-state index in [0.29, 0.717) is 44.0 Å². The van der Waals surface area contributed by atoms with Crippen molar-refractivity contribution in [2.75, 3.05) is 26.2 Å². The van der Waals surface area contributed by atoms with Gasteiger partial charge in [-0.2, -0.15) is 4.31 Å². The van der Waals surface area contributed by atoms with Crippen LogP contribution < -0.4 is 4.74 Å². The molecule has 33 heavy (non-hydrogen) atoms. The molecule has 0 unspecified atom stereocenters. The van der Waals surface area contributed by atoms with Crippen molar-refractivity contribution < 1.29 is 17.9 Å². The third-order valence-corrected chi connectivity index (χ3v) is 8.29. The summed E-state index contributed by atoms with van der Waals surface area (Å²) in [6.45, 7) is 5.79. The molecule has 2 aromatic carbocycles. The van der Waals surface area contributed by atoms with Crippen molar-refractivity contribution in [2.45, 2.75) is 31.8 Å². The highest BCUT2D eigenvalue weighted by atomic mass is 32.2. The van der Waals surface area contributed by atoms with Crippen LogP contribution in [0.1, 0.15) is 33.0 Å². The minimum atomic E-state index is -3.57. The maximum Gasteiger partial charge on any atom is 0.253 e. The Morgan fingerprint density at radius 1 is 1.00 bits per heavy atom. The van der Waals surface area contributed by atoms with Crippen molar-refractivity contribution in [3.05, 3.63) is 75.7 Å². The summed E-state index contributed by atoms with van der Waals surface area (Å²) in [5.41, 5.74) is 2.45. The number of nitrogens with zero attached hydrogens (tertiary/aromatic N) is 3. The molecule has 0 bridgehead atoms. The van der Waals surface area contributed by atoms with E-state index in [1.54, 1.807) is 64.8 Å². The van der Waals surface area contributed by atoms with E-state index in [1.165, 1.54) is 4.31 Å². The topological polar surface area (TPSA) is 79.8 Å². The number of hydrogen-bond donors (Lipinski definition) is 0. The van der Waals surface area contributed by atoms with Crippen LogP contribution in [0.3, 0.4) is 0 Å². The van der Waals surface area contributed by atoms with E-state index in [4.69, 9.17) is 4.74 Å². The molecule has 1 aliphatic heterocycles. The molecule has 1 fully saturated rings. The third kappa shape index (κ3) is 5.61. The van der Waals surface area contributed by atoms with E-state index in [9.17, 15) is 13.2 Å². The van der Waals surface area contributed by atoms with Gasteiger partial charge < -0.3 is 9.64 Å². The molecule has 9 heteroatoms. The van der Waals surface area contributed by atoms with Gasteiger partial charge in [-0.25, -0.2) is 13.4 Å². The van der Waals surface area contributed by atoms with E-state index in [2.05, 4.69) is 4.98 Å². The van der Waals surface area contributed by atoms with Gasteiger partial charge in [0.15, 0.2) is 0 Å². The Morgan fingerprint density at radius 2 is 1.73 bits per heavy atom. The maximum absolute atomic E-state index is 13.0. The standard InChI is InChI=1S/C24H27N3O4S2/c1-18-4-10-23(11-5-18)33(29,30)27-13-3-12-26(14-15-27)24(28)20-6-8-22(9-7-20)31-16-21-17-32-19(2)25-21/h4-11,17H,3,12-16H2,1-2H3. The molecule has 1 amide bonds. The second kappa shape index (κ2) is 10.0. The van der Waals surface area contributed by atoms with Crippen LogP contribution in [0.4, 0.5) is 0 Å². The van der Waals surface area contributed by atoms with Crippen LogP contribution in [0.5, 0.6) is 5.75 Å². The van der Waals surface area contributed by atoms with Gasteiger partial charge in [0.2, 0.25) is 10.0 Å². The van der Waals surface area contributed by atoms with Crippen LogP contribution in [-0.2, 0) is 16.6 Å². The van der Waals surface area contributed by atoms with Crippen molar-refractivity contribution in [2.24, 2.45) is 0 Å². The zero-order valence-corrected chi connectivity index (χ0v) is 20.4. The molecule has 7 nitrogen and oxygen atoms in total. The highest BCUT2D eigenvalue weighted by Gasteiger charge is 2.28. The van der Waals surface area contributed by atoms with E-state index >= 15 is 0 Å². The van der Waals surface area contributed by atoms with Gasteiger partial charge in [-0.3, -0.25) is 4.79 Å². The van der Waals surface area contributed by atoms with Crippen molar-refractivity contribution in [3.63, 3.8) is 0 Å². The summed E-state index contributed by atoms with van der Waals surface area (Å²) < 4.78 is 33.2. The van der Waals surface area contributed by atoms with Gasteiger partial charge in [0, 0.05) is 37.1 Å². The lowest BCUT2D eigenvalue weighted by Crippen LogP contribution is -2.37. The fourth-order valence-electron chi connectivity index (χ4n) is 3.70. The first kappa shape index (κ1) is 23.4. The molecule has 3 aromatic rings. The average molecular weight is 486 g/mol. The molecule has 0 N–H and O–H groups in total. The number of aryl methyl sites for hydroxylation is 2. The SMILES string of the molecule is Cc1ccc(S(=O)(=O)N2CCCN(C(=O)c3ccc(OCc4csc(C)n4)cc3)CC2)cc1. The van der Waals surface area contributed by atoms with Crippen LogP contribution in [0.2, 0.25) is 0 Å². The quantitative estimate of drug-likeness (QED) is 0.530. The van der Waals surface area contributed by atoms with Gasteiger partial charge in [-0.15, -0.1) is 11.3 Å². The van der Waals surface area contributed by atoms with Gasteiger partial charge in [-0.05, 0) is 56.7 Å². The average Bonchev–Trinajstić information content (AvgIpc) is 3.06. The fourth-order valence-corrected chi connectivity index (χ4v) is 5.77. The summed E-state index contributed by atoms with van der Waals surface area (Å²) in [6, 6.07) is 13.9. The summed E-state index contributed by atoms with van der Waals surface area (Å²) in [4.78, 5) is 19.4. The number of rotatable bonds is 6. The Hall–Kier alpha value is -2.75. The number of thiazole rings is 1. The predicted molar refractivity (Wildman–Crippen MR) is 128 cm³/mol. The van der Waals surface area contributed by atoms with Crippen molar-refractivity contribution in [3.8, 4) is 5.75 Å². The molecule has 0 spiro atoms. The van der Waals surface area contributed by atoms with Crippen LogP contribution in [-0.4, -0.2) is 54.7 Å². The predicted octanol–water partition coefficient (Wildman–Crippen LogP) is 3.88. The largest absolute Gasteiger partial charge is 0.487 e. The summed E-state index contributed by atoms with van der Waals surface area (Å²) in [7, 11) is -3.57. The molecule has 1 aliphatic rings. The molecule has 0 radical (unpaired) electrons. The van der Waals surface area contributed by atoms with Gasteiger partial charge in [0.05, 0.1) is 15.6 Å². The molecule has 1 aromatic heterocycles. The third-order valence-electron chi connectivity index (χ3n) is 5.56. The van der Waals surface area contributed by atoms with Gasteiger partial charge in [-0.1, -0.05) is 17.7 Å². The van der Waals surface area contributed by atoms with Crippen molar-refractivity contribution >= 4 is 27.3 Å². The summed E-state index contributed by atoms with van der Waals surface area (Å²) >= 11 is 1.58. The number of amides is 1. The molecule has 2 heterocycles. The first-order chi connectivity index (χ1) is 15.8. The maximum atomic E-state index is 13.0. The highest BCUT2D eigenvalue weighted by Crippen LogP contribution is 2.20. The Balaban J connectivity index is 1.36. The Kier molecular flexibility index (Phi) is 7.11. The Morgan fingerprint density at radius 3 is 2.39 bits per heavy atom. The first-order valence-corrected chi connectivity index (χ1v) is 13.1. The molecule has 4 rings (SSSR count). The summed E-state index contributed by atoms with van der Waals surface area (Å²) in [6.07, 6.45) is 0.588. The lowest BCUT2D eigenvalue weighted by molar-refractivity contribution is 0.0764. The number of aromatic nitrogens is 1. The minimum Gasteiger partial charge on any atom is -0.487 e. The second-order valence-electron chi connectivity index (χ2n) is 8.03. The minimum absolute atomic E-state index is 0.105. The number of carbonyl (C=O) groups is 1. The van der Waals surface area contributed by atoms with Crippen LogP contribution in [0, 0.1) is 13.8 Å². The number of sulfonamides is 1. The van der Waals surface area contributed by atoms with Crippen molar-refractivity contribution in [1.29, 1.82) is 0 Å². The van der Waals surface area contributed by atoms with Crippen LogP contribution in [0.25, 0.3) is 0 Å². The number of ether oxygens (including phenoxy) is 1. The number of hydrogen-bond acceptors (Lipinski definition) is 6. The Labute approximate surface area is 198 Å². The molecular weight excluding hydrogens is 458 g/mol. The van der Waals surface area contributed by atoms with E-state index < -0.39 is 10.0 Å². The Bertz CT molecular complexity index is 1210. The molecule has 0 saturated carbocycles. The zero-order chi connectivity index (χ0) is 23.4. The molecular formula is C24H27N3O4S2. The second-order valence-corrected chi connectivity index (χ2v) is 11.0. The van der Waals surface area contributed by atoms with Crippen molar-refractivity contribution in [1.82, 2.24) is 14.2 Å².